The maximum atomic E-state index is 12.7. The van der Waals surface area contributed by atoms with E-state index in [-0.39, 0.29) is 37.1 Å². The molecule has 10 heteroatoms. The molecule has 0 unspecified atom stereocenters. The van der Waals surface area contributed by atoms with Crippen molar-refractivity contribution in [3.05, 3.63) is 92.3 Å². The molecule has 2 N–H and O–H groups in total. The van der Waals surface area contributed by atoms with Crippen LogP contribution in [0.15, 0.2) is 58.7 Å². The van der Waals surface area contributed by atoms with E-state index in [2.05, 4.69) is 15.3 Å². The highest BCUT2D eigenvalue weighted by Crippen LogP contribution is 2.22. The second kappa shape index (κ2) is 11.6. The molecule has 1 amide bonds. The van der Waals surface area contributed by atoms with Gasteiger partial charge in [0, 0.05) is 19.0 Å². The molecule has 4 rings (SSSR count). The molecular formula is C26H25N3O6S. The zero-order valence-corrected chi connectivity index (χ0v) is 20.6. The van der Waals surface area contributed by atoms with Crippen LogP contribution in [0.25, 0.3) is 10.2 Å². The maximum absolute atomic E-state index is 12.7. The lowest BCUT2D eigenvalue weighted by Crippen LogP contribution is -2.27. The van der Waals surface area contributed by atoms with Crippen LogP contribution in [0.4, 0.5) is 0 Å². The topological polar surface area (TPSA) is 120 Å². The molecule has 9 nitrogen and oxygen atoms in total. The normalized spacial score (nSPS) is 10.8. The zero-order chi connectivity index (χ0) is 25.5. The minimum absolute atomic E-state index is 0.0430. The predicted octanol–water partition coefficient (Wildman–Crippen LogP) is 3.70. The lowest BCUT2D eigenvalue weighted by molar-refractivity contribution is -0.142. The Morgan fingerprint density at radius 2 is 1.78 bits per heavy atom. The number of hydrogen-bond donors (Lipinski definition) is 2. The van der Waals surface area contributed by atoms with Gasteiger partial charge < -0.3 is 24.5 Å². The summed E-state index contributed by atoms with van der Waals surface area (Å²) in [4.78, 5) is 43.6. The smallest absolute Gasteiger partial charge is 0.302 e. The van der Waals surface area contributed by atoms with Gasteiger partial charge in [-0.25, -0.2) is 4.98 Å². The van der Waals surface area contributed by atoms with Gasteiger partial charge >= 0.3 is 5.97 Å². The molecule has 0 fully saturated rings. The van der Waals surface area contributed by atoms with Crippen molar-refractivity contribution in [2.75, 3.05) is 7.11 Å². The van der Waals surface area contributed by atoms with E-state index in [1.54, 1.807) is 7.11 Å². The number of aromatic amines is 1. The fraction of sp³-hybridized carbons (Fsp3) is 0.231. The lowest BCUT2D eigenvalue weighted by Gasteiger charge is -2.07. The molecule has 0 atom stereocenters. The van der Waals surface area contributed by atoms with Crippen molar-refractivity contribution in [2.24, 2.45) is 0 Å². The van der Waals surface area contributed by atoms with Crippen LogP contribution in [-0.4, -0.2) is 29.0 Å². The number of amides is 1. The number of esters is 1. The number of rotatable bonds is 10. The van der Waals surface area contributed by atoms with Crippen LogP contribution < -0.4 is 15.6 Å². The first kappa shape index (κ1) is 25.1. The SMILES string of the molecule is COc1cccc(CNC(=O)c2nc3scc(COCc4ccc(COC(C)=O)cc4)c3c(=O)[nH]2)c1. The summed E-state index contributed by atoms with van der Waals surface area (Å²) in [5.74, 6) is -0.145. The Balaban J connectivity index is 1.36. The summed E-state index contributed by atoms with van der Waals surface area (Å²) in [6.07, 6.45) is 0. The van der Waals surface area contributed by atoms with Crippen LogP contribution in [0.2, 0.25) is 0 Å². The Bertz CT molecular complexity index is 1430. The summed E-state index contributed by atoms with van der Waals surface area (Å²) in [5, 5.41) is 4.99. The first-order valence-electron chi connectivity index (χ1n) is 11.1. The fourth-order valence-corrected chi connectivity index (χ4v) is 4.39. The van der Waals surface area contributed by atoms with Crippen molar-refractivity contribution in [1.82, 2.24) is 15.3 Å². The van der Waals surface area contributed by atoms with Crippen LogP contribution in [0.3, 0.4) is 0 Å². The van der Waals surface area contributed by atoms with Gasteiger partial charge in [0.2, 0.25) is 5.82 Å². The van der Waals surface area contributed by atoms with Crippen LogP contribution in [0, 0.1) is 0 Å². The number of nitrogens with zero attached hydrogens (tertiary/aromatic N) is 1. The van der Waals surface area contributed by atoms with Crippen molar-refractivity contribution in [3.63, 3.8) is 0 Å². The number of methoxy groups -OCH3 is 1. The van der Waals surface area contributed by atoms with Crippen LogP contribution in [-0.2, 0) is 40.6 Å². The monoisotopic (exact) mass is 507 g/mol. The molecule has 0 spiro atoms. The third-order valence-corrected chi connectivity index (χ3v) is 6.23. The van der Waals surface area contributed by atoms with E-state index >= 15 is 0 Å². The number of aromatic nitrogens is 2. The predicted molar refractivity (Wildman–Crippen MR) is 135 cm³/mol. The van der Waals surface area contributed by atoms with Gasteiger partial charge in [-0.05, 0) is 34.2 Å². The largest absolute Gasteiger partial charge is 0.497 e. The summed E-state index contributed by atoms with van der Waals surface area (Å²) in [6.45, 7) is 2.44. The third kappa shape index (κ3) is 6.35. The first-order chi connectivity index (χ1) is 17.4. The quantitative estimate of drug-likeness (QED) is 0.314. The molecule has 2 heterocycles. The van der Waals surface area contributed by atoms with Gasteiger partial charge in [-0.15, -0.1) is 11.3 Å². The molecule has 0 aliphatic carbocycles. The number of hydrogen-bond acceptors (Lipinski definition) is 8. The Morgan fingerprint density at radius 3 is 2.50 bits per heavy atom. The number of carbonyl (C=O) groups is 2. The summed E-state index contributed by atoms with van der Waals surface area (Å²) < 4.78 is 16.0. The Morgan fingerprint density at radius 1 is 1.03 bits per heavy atom. The van der Waals surface area contributed by atoms with Gasteiger partial charge in [-0.1, -0.05) is 36.4 Å². The van der Waals surface area contributed by atoms with E-state index in [0.29, 0.717) is 28.1 Å². The van der Waals surface area contributed by atoms with E-state index in [1.807, 2.05) is 53.9 Å². The lowest BCUT2D eigenvalue weighted by atomic mass is 10.1. The molecule has 186 valence electrons. The minimum atomic E-state index is -0.472. The van der Waals surface area contributed by atoms with Crippen molar-refractivity contribution < 1.29 is 23.8 Å². The van der Waals surface area contributed by atoms with E-state index in [1.165, 1.54) is 18.3 Å². The number of H-pyrrole nitrogens is 1. The van der Waals surface area contributed by atoms with Crippen molar-refractivity contribution in [2.45, 2.75) is 33.3 Å². The molecule has 0 radical (unpaired) electrons. The third-order valence-electron chi connectivity index (χ3n) is 5.31. The zero-order valence-electron chi connectivity index (χ0n) is 19.8. The summed E-state index contributed by atoms with van der Waals surface area (Å²) >= 11 is 1.29. The Hall–Kier alpha value is -4.02. The molecule has 2 aromatic carbocycles. The van der Waals surface area contributed by atoms with E-state index in [0.717, 1.165) is 16.7 Å². The van der Waals surface area contributed by atoms with E-state index in [4.69, 9.17) is 14.2 Å². The highest BCUT2D eigenvalue weighted by atomic mass is 32.1. The summed E-state index contributed by atoms with van der Waals surface area (Å²) in [6, 6.07) is 14.9. The Labute approximate surface area is 211 Å². The minimum Gasteiger partial charge on any atom is -0.497 e. The van der Waals surface area contributed by atoms with Crippen molar-refractivity contribution >= 4 is 33.4 Å². The number of nitrogens with one attached hydrogen (secondary N) is 2. The van der Waals surface area contributed by atoms with E-state index in [9.17, 15) is 14.4 Å². The second-order valence-electron chi connectivity index (χ2n) is 7.98. The average Bonchev–Trinajstić information content (AvgIpc) is 3.30. The molecule has 2 aromatic heterocycles. The van der Waals surface area contributed by atoms with Gasteiger partial charge in [-0.2, -0.15) is 0 Å². The van der Waals surface area contributed by atoms with Gasteiger partial charge in [-0.3, -0.25) is 14.4 Å². The highest BCUT2D eigenvalue weighted by molar-refractivity contribution is 7.16. The highest BCUT2D eigenvalue weighted by Gasteiger charge is 2.15. The first-order valence-corrected chi connectivity index (χ1v) is 12.0. The molecular weight excluding hydrogens is 482 g/mol. The Kier molecular flexibility index (Phi) is 8.09. The maximum Gasteiger partial charge on any atom is 0.302 e. The fourth-order valence-electron chi connectivity index (χ4n) is 3.46. The molecule has 0 aliphatic heterocycles. The number of fused-ring (bicyclic) bond motifs is 1. The van der Waals surface area contributed by atoms with Crippen LogP contribution >= 0.6 is 11.3 Å². The number of ether oxygens (including phenoxy) is 3. The molecule has 36 heavy (non-hydrogen) atoms. The van der Waals surface area contributed by atoms with Crippen LogP contribution in [0.5, 0.6) is 5.75 Å². The molecule has 0 aliphatic rings. The standard InChI is InChI=1S/C26H25N3O6S/c1-16(30)35-13-18-8-6-17(7-9-18)12-34-14-20-15-36-26-22(20)24(31)28-23(29-26)25(32)27-11-19-4-3-5-21(10-19)33-2/h3-10,15H,11-14H2,1-2H3,(H,27,32)(H,28,29,31). The van der Waals surface area contributed by atoms with Crippen LogP contribution in [0.1, 0.15) is 39.8 Å². The van der Waals surface area contributed by atoms with Gasteiger partial charge in [0.1, 0.15) is 17.2 Å². The van der Waals surface area contributed by atoms with Gasteiger partial charge in [0.05, 0.1) is 25.7 Å². The molecule has 4 aromatic rings. The molecule has 0 bridgehead atoms. The van der Waals surface area contributed by atoms with Crippen molar-refractivity contribution in [3.8, 4) is 5.75 Å². The second-order valence-corrected chi connectivity index (χ2v) is 8.84. The van der Waals surface area contributed by atoms with Gasteiger partial charge in [0.15, 0.2) is 0 Å². The molecule has 0 saturated heterocycles. The summed E-state index contributed by atoms with van der Waals surface area (Å²) in [5.41, 5.74) is 3.02. The average molecular weight is 508 g/mol. The van der Waals surface area contributed by atoms with Crippen molar-refractivity contribution in [1.29, 1.82) is 0 Å². The number of benzene rings is 2. The summed E-state index contributed by atoms with van der Waals surface area (Å²) in [7, 11) is 1.58. The van der Waals surface area contributed by atoms with Gasteiger partial charge in [0.25, 0.3) is 11.5 Å². The van der Waals surface area contributed by atoms with E-state index < -0.39 is 5.91 Å². The number of carbonyl (C=O) groups excluding carboxylic acids is 2. The number of thiophene rings is 1. The molecule has 0 saturated carbocycles.